The first-order valence-electron chi connectivity index (χ1n) is 6.32. The Balaban J connectivity index is 2.23. The third-order valence-electron chi connectivity index (χ3n) is 3.78. The molecular formula is C14H18ClFN2O. The molecule has 0 spiro atoms. The first kappa shape index (κ1) is 14.3. The Labute approximate surface area is 117 Å². The van der Waals surface area contributed by atoms with Crippen molar-refractivity contribution in [1.29, 1.82) is 0 Å². The smallest absolute Gasteiger partial charge is 0.256 e. The molecule has 0 aromatic heterocycles. The average Bonchev–Trinajstić information content (AvgIpc) is 2.35. The molecule has 1 aliphatic rings. The lowest BCUT2D eigenvalue weighted by Gasteiger charge is -2.42. The molecule has 0 aliphatic carbocycles. The molecule has 1 aliphatic heterocycles. The van der Waals surface area contributed by atoms with E-state index < -0.39 is 5.82 Å². The number of hydrogen-bond donors (Lipinski definition) is 1. The summed E-state index contributed by atoms with van der Waals surface area (Å²) < 4.78 is 13.9. The first-order chi connectivity index (χ1) is 8.83. The van der Waals surface area contributed by atoms with Gasteiger partial charge in [-0.1, -0.05) is 31.5 Å². The number of nitrogens with two attached hydrogens (primary N) is 1. The van der Waals surface area contributed by atoms with Crippen LogP contribution in [0.25, 0.3) is 0 Å². The number of benzene rings is 1. The van der Waals surface area contributed by atoms with Crippen molar-refractivity contribution in [2.24, 2.45) is 11.1 Å². The van der Waals surface area contributed by atoms with Crippen LogP contribution in [-0.4, -0.2) is 29.9 Å². The van der Waals surface area contributed by atoms with Crippen LogP contribution in [-0.2, 0) is 0 Å². The van der Waals surface area contributed by atoms with Crippen molar-refractivity contribution < 1.29 is 9.18 Å². The fourth-order valence-electron chi connectivity index (χ4n) is 2.39. The standard InChI is InChI=1S/C14H18ClFN2O/c1-14(2)8-18(7-6-11(14)17)13(19)9-4-3-5-10(15)12(9)16/h3-5,11H,6-8,17H2,1-2H3. The molecule has 1 atom stereocenters. The van der Waals surface area contributed by atoms with Gasteiger partial charge in [0.25, 0.3) is 5.91 Å². The van der Waals surface area contributed by atoms with Gasteiger partial charge in [-0.3, -0.25) is 4.79 Å². The fourth-order valence-corrected chi connectivity index (χ4v) is 2.56. The molecule has 1 fully saturated rings. The maximum Gasteiger partial charge on any atom is 0.256 e. The van der Waals surface area contributed by atoms with Gasteiger partial charge in [0.05, 0.1) is 10.6 Å². The molecule has 1 aromatic carbocycles. The molecule has 19 heavy (non-hydrogen) atoms. The van der Waals surface area contributed by atoms with Crippen molar-refractivity contribution in [3.63, 3.8) is 0 Å². The molecule has 104 valence electrons. The molecule has 0 bridgehead atoms. The molecule has 0 radical (unpaired) electrons. The van der Waals surface area contributed by atoms with E-state index in [4.69, 9.17) is 17.3 Å². The highest BCUT2D eigenvalue weighted by molar-refractivity contribution is 6.31. The quantitative estimate of drug-likeness (QED) is 0.862. The van der Waals surface area contributed by atoms with Gasteiger partial charge in [-0.2, -0.15) is 0 Å². The minimum absolute atomic E-state index is 0.0266. The summed E-state index contributed by atoms with van der Waals surface area (Å²) in [6.45, 7) is 5.12. The molecule has 1 heterocycles. The van der Waals surface area contributed by atoms with E-state index in [-0.39, 0.29) is 28.0 Å². The second-order valence-corrected chi connectivity index (χ2v) is 6.12. The monoisotopic (exact) mass is 284 g/mol. The minimum atomic E-state index is -0.651. The van der Waals surface area contributed by atoms with E-state index in [1.54, 1.807) is 11.0 Å². The zero-order valence-corrected chi connectivity index (χ0v) is 11.9. The van der Waals surface area contributed by atoms with Crippen molar-refractivity contribution in [1.82, 2.24) is 4.90 Å². The van der Waals surface area contributed by atoms with E-state index >= 15 is 0 Å². The largest absolute Gasteiger partial charge is 0.338 e. The molecule has 0 saturated carbocycles. The Kier molecular flexibility index (Phi) is 3.83. The Bertz CT molecular complexity index is 504. The van der Waals surface area contributed by atoms with Gasteiger partial charge in [-0.05, 0) is 24.0 Å². The van der Waals surface area contributed by atoms with Crippen molar-refractivity contribution in [3.8, 4) is 0 Å². The normalized spacial score (nSPS) is 22.4. The van der Waals surface area contributed by atoms with E-state index in [0.29, 0.717) is 13.1 Å². The predicted molar refractivity (Wildman–Crippen MR) is 73.7 cm³/mol. The van der Waals surface area contributed by atoms with Crippen molar-refractivity contribution in [2.75, 3.05) is 13.1 Å². The van der Waals surface area contributed by atoms with E-state index in [1.807, 2.05) is 13.8 Å². The number of piperidine rings is 1. The highest BCUT2D eigenvalue weighted by Crippen LogP contribution is 2.29. The van der Waals surface area contributed by atoms with Crippen LogP contribution in [0.3, 0.4) is 0 Å². The number of rotatable bonds is 1. The van der Waals surface area contributed by atoms with Crippen LogP contribution in [0.4, 0.5) is 4.39 Å². The number of likely N-dealkylation sites (tertiary alicyclic amines) is 1. The van der Waals surface area contributed by atoms with E-state index in [1.165, 1.54) is 12.1 Å². The van der Waals surface area contributed by atoms with Gasteiger partial charge in [0.1, 0.15) is 0 Å². The lowest BCUT2D eigenvalue weighted by atomic mass is 9.79. The molecule has 1 unspecified atom stereocenters. The Hall–Kier alpha value is -1.13. The van der Waals surface area contributed by atoms with Gasteiger partial charge in [0.15, 0.2) is 5.82 Å². The lowest BCUT2D eigenvalue weighted by Crippen LogP contribution is -2.54. The maximum absolute atomic E-state index is 13.9. The molecule has 2 rings (SSSR count). The van der Waals surface area contributed by atoms with Crippen LogP contribution in [0.2, 0.25) is 5.02 Å². The maximum atomic E-state index is 13.9. The summed E-state index contributed by atoms with van der Waals surface area (Å²) in [6.07, 6.45) is 0.723. The second kappa shape index (κ2) is 5.10. The van der Waals surface area contributed by atoms with Crippen LogP contribution in [0, 0.1) is 11.2 Å². The van der Waals surface area contributed by atoms with E-state index in [9.17, 15) is 9.18 Å². The summed E-state index contributed by atoms with van der Waals surface area (Å²) in [6, 6.07) is 4.54. The molecule has 5 heteroatoms. The number of hydrogen-bond acceptors (Lipinski definition) is 2. The summed E-state index contributed by atoms with van der Waals surface area (Å²) in [5, 5.41) is -0.0289. The number of carbonyl (C=O) groups excluding carboxylic acids is 1. The summed E-state index contributed by atoms with van der Waals surface area (Å²) >= 11 is 5.71. The average molecular weight is 285 g/mol. The third kappa shape index (κ3) is 2.74. The van der Waals surface area contributed by atoms with Gasteiger partial charge >= 0.3 is 0 Å². The van der Waals surface area contributed by atoms with Crippen LogP contribution in [0.1, 0.15) is 30.6 Å². The van der Waals surface area contributed by atoms with Crippen LogP contribution >= 0.6 is 11.6 Å². The molecule has 3 nitrogen and oxygen atoms in total. The molecule has 2 N–H and O–H groups in total. The fraction of sp³-hybridized carbons (Fsp3) is 0.500. The van der Waals surface area contributed by atoms with Gasteiger partial charge < -0.3 is 10.6 Å². The minimum Gasteiger partial charge on any atom is -0.338 e. The third-order valence-corrected chi connectivity index (χ3v) is 4.07. The zero-order chi connectivity index (χ0) is 14.2. The van der Waals surface area contributed by atoms with E-state index in [0.717, 1.165) is 6.42 Å². The Morgan fingerprint density at radius 2 is 2.21 bits per heavy atom. The highest BCUT2D eigenvalue weighted by Gasteiger charge is 2.36. The SMILES string of the molecule is CC1(C)CN(C(=O)c2cccc(Cl)c2F)CCC1N. The van der Waals surface area contributed by atoms with Gasteiger partial charge in [-0.25, -0.2) is 4.39 Å². The molecule has 1 saturated heterocycles. The summed E-state index contributed by atoms with van der Waals surface area (Å²) in [7, 11) is 0. The number of amides is 1. The summed E-state index contributed by atoms with van der Waals surface area (Å²) in [5.41, 5.74) is 5.90. The topological polar surface area (TPSA) is 46.3 Å². The molecule has 1 aromatic rings. The second-order valence-electron chi connectivity index (χ2n) is 5.71. The molecule has 1 amide bonds. The first-order valence-corrected chi connectivity index (χ1v) is 6.69. The summed E-state index contributed by atoms with van der Waals surface area (Å²) in [4.78, 5) is 14.0. The zero-order valence-electron chi connectivity index (χ0n) is 11.1. The predicted octanol–water partition coefficient (Wildman–Crippen LogP) is 2.68. The van der Waals surface area contributed by atoms with Crippen molar-refractivity contribution in [3.05, 3.63) is 34.6 Å². The van der Waals surface area contributed by atoms with Gasteiger partial charge in [0, 0.05) is 19.1 Å². The highest BCUT2D eigenvalue weighted by atomic mass is 35.5. The van der Waals surface area contributed by atoms with Crippen LogP contribution in [0.5, 0.6) is 0 Å². The number of halogens is 2. The van der Waals surface area contributed by atoms with Gasteiger partial charge in [0.2, 0.25) is 0 Å². The van der Waals surface area contributed by atoms with Crippen molar-refractivity contribution in [2.45, 2.75) is 26.3 Å². The van der Waals surface area contributed by atoms with Crippen LogP contribution in [0.15, 0.2) is 18.2 Å². The van der Waals surface area contributed by atoms with E-state index in [2.05, 4.69) is 0 Å². The van der Waals surface area contributed by atoms with Gasteiger partial charge in [-0.15, -0.1) is 0 Å². The lowest BCUT2D eigenvalue weighted by molar-refractivity contribution is 0.0528. The van der Waals surface area contributed by atoms with Crippen LogP contribution < -0.4 is 5.73 Å². The number of carbonyl (C=O) groups is 1. The Morgan fingerprint density at radius 3 is 2.84 bits per heavy atom. The Morgan fingerprint density at radius 1 is 1.53 bits per heavy atom. The number of nitrogens with zero attached hydrogens (tertiary/aromatic N) is 1. The van der Waals surface area contributed by atoms with Crippen molar-refractivity contribution >= 4 is 17.5 Å². The summed E-state index contributed by atoms with van der Waals surface area (Å²) in [5.74, 6) is -0.971. The molecular weight excluding hydrogens is 267 g/mol.